The Morgan fingerprint density at radius 1 is 1.33 bits per heavy atom. The molecule has 0 aliphatic carbocycles. The second-order valence-corrected chi connectivity index (χ2v) is 3.40. The highest BCUT2D eigenvalue weighted by molar-refractivity contribution is 5.82. The van der Waals surface area contributed by atoms with E-state index in [0.717, 1.165) is 0 Å². The van der Waals surface area contributed by atoms with Gasteiger partial charge in [-0.05, 0) is 13.3 Å². The molecule has 0 aromatic carbocycles. The van der Waals surface area contributed by atoms with Crippen LogP contribution in [0.15, 0.2) is 0 Å². The molecule has 1 unspecified atom stereocenters. The lowest BCUT2D eigenvalue weighted by atomic mass is 9.88. The third kappa shape index (κ3) is 3.77. The zero-order valence-electron chi connectivity index (χ0n) is 8.31. The van der Waals surface area contributed by atoms with Crippen LogP contribution < -0.4 is 5.32 Å². The number of hydrogen-bond acceptors (Lipinski definition) is 2. The largest absolute Gasteiger partial charge is 0.481 e. The van der Waals surface area contributed by atoms with Crippen LogP contribution in [0.25, 0.3) is 0 Å². The number of carbonyl (C=O) groups is 2. The number of carbonyl (C=O) groups excluding carboxylic acids is 1. The number of carboxylic acids is 1. The van der Waals surface area contributed by atoms with Crippen LogP contribution in [0.3, 0.4) is 0 Å². The molecule has 0 radical (unpaired) electrons. The summed E-state index contributed by atoms with van der Waals surface area (Å²) in [6.45, 7) is 2.25. The summed E-state index contributed by atoms with van der Waals surface area (Å²) in [5, 5.41) is 10.3. The number of carboxylic acid groups (broad SMARTS) is 1. The standard InChI is InChI=1S/C8H12F3NO3/c1-3-7(2,6(14)15)4-12-5(13)8(9,10)11/h3-4H2,1-2H3,(H,12,13)(H,14,15). The van der Waals surface area contributed by atoms with Gasteiger partial charge in [-0.2, -0.15) is 13.2 Å². The Hall–Kier alpha value is -1.27. The smallest absolute Gasteiger partial charge is 0.471 e. The number of aliphatic carboxylic acids is 1. The van der Waals surface area contributed by atoms with Crippen molar-refractivity contribution in [1.29, 1.82) is 0 Å². The molecular formula is C8H12F3NO3. The predicted octanol–water partition coefficient (Wildman–Crippen LogP) is 1.17. The first-order chi connectivity index (χ1) is 6.63. The highest BCUT2D eigenvalue weighted by Crippen LogP contribution is 2.21. The van der Waals surface area contributed by atoms with Crippen molar-refractivity contribution in [2.24, 2.45) is 5.41 Å². The van der Waals surface area contributed by atoms with Gasteiger partial charge >= 0.3 is 18.1 Å². The maximum absolute atomic E-state index is 11.8. The normalized spacial score (nSPS) is 15.5. The second-order valence-electron chi connectivity index (χ2n) is 3.40. The molecule has 2 N–H and O–H groups in total. The Kier molecular flexibility index (Phi) is 4.12. The van der Waals surface area contributed by atoms with Gasteiger partial charge in [0, 0.05) is 6.54 Å². The van der Waals surface area contributed by atoms with Gasteiger partial charge < -0.3 is 10.4 Å². The van der Waals surface area contributed by atoms with Gasteiger partial charge in [0.2, 0.25) is 0 Å². The fourth-order valence-corrected chi connectivity index (χ4v) is 0.727. The minimum atomic E-state index is -4.98. The molecule has 15 heavy (non-hydrogen) atoms. The number of halogens is 3. The fourth-order valence-electron chi connectivity index (χ4n) is 0.727. The van der Waals surface area contributed by atoms with Gasteiger partial charge in [-0.1, -0.05) is 6.92 Å². The first-order valence-corrected chi connectivity index (χ1v) is 4.22. The Balaban J connectivity index is 4.38. The van der Waals surface area contributed by atoms with Gasteiger partial charge in [0.05, 0.1) is 5.41 Å². The minimum Gasteiger partial charge on any atom is -0.481 e. The van der Waals surface area contributed by atoms with Crippen molar-refractivity contribution < 1.29 is 27.9 Å². The summed E-state index contributed by atoms with van der Waals surface area (Å²) >= 11 is 0. The molecule has 0 saturated carbocycles. The van der Waals surface area contributed by atoms with Crippen LogP contribution in [0.4, 0.5) is 13.2 Å². The van der Waals surface area contributed by atoms with Crippen molar-refractivity contribution in [3.63, 3.8) is 0 Å². The quantitative estimate of drug-likeness (QED) is 0.757. The lowest BCUT2D eigenvalue weighted by Crippen LogP contribution is -2.45. The molecule has 0 spiro atoms. The molecule has 1 atom stereocenters. The van der Waals surface area contributed by atoms with Crippen molar-refractivity contribution in [1.82, 2.24) is 5.32 Å². The van der Waals surface area contributed by atoms with E-state index in [1.807, 2.05) is 0 Å². The van der Waals surface area contributed by atoms with Gasteiger partial charge in [-0.25, -0.2) is 0 Å². The molecule has 0 heterocycles. The molecule has 88 valence electrons. The average Bonchev–Trinajstić information content (AvgIpc) is 2.11. The van der Waals surface area contributed by atoms with E-state index >= 15 is 0 Å². The van der Waals surface area contributed by atoms with Crippen molar-refractivity contribution >= 4 is 11.9 Å². The second kappa shape index (κ2) is 4.50. The maximum Gasteiger partial charge on any atom is 0.471 e. The average molecular weight is 227 g/mol. The Morgan fingerprint density at radius 2 is 1.80 bits per heavy atom. The van der Waals surface area contributed by atoms with Crippen LogP contribution in [-0.2, 0) is 9.59 Å². The monoisotopic (exact) mass is 227 g/mol. The number of alkyl halides is 3. The summed E-state index contributed by atoms with van der Waals surface area (Å²) in [7, 11) is 0. The van der Waals surface area contributed by atoms with Crippen molar-refractivity contribution in [3.05, 3.63) is 0 Å². The summed E-state index contributed by atoms with van der Waals surface area (Å²) in [5.74, 6) is -3.36. The zero-order chi connectivity index (χ0) is 12.3. The predicted molar refractivity (Wildman–Crippen MR) is 45.1 cm³/mol. The fraction of sp³-hybridized carbons (Fsp3) is 0.750. The lowest BCUT2D eigenvalue weighted by molar-refractivity contribution is -0.174. The molecule has 7 heteroatoms. The molecule has 0 aromatic rings. The van der Waals surface area contributed by atoms with Gasteiger partial charge in [0.15, 0.2) is 0 Å². The van der Waals surface area contributed by atoms with E-state index in [4.69, 9.17) is 5.11 Å². The van der Waals surface area contributed by atoms with E-state index in [1.54, 1.807) is 5.32 Å². The minimum absolute atomic E-state index is 0.125. The van der Waals surface area contributed by atoms with Crippen molar-refractivity contribution in [2.75, 3.05) is 6.54 Å². The van der Waals surface area contributed by atoms with E-state index in [1.165, 1.54) is 13.8 Å². The van der Waals surface area contributed by atoms with Gasteiger partial charge in [-0.15, -0.1) is 0 Å². The molecule has 0 fully saturated rings. The Labute approximate surface area is 84.5 Å². The number of rotatable bonds is 4. The Morgan fingerprint density at radius 3 is 2.07 bits per heavy atom. The van der Waals surface area contributed by atoms with Gasteiger partial charge in [0.25, 0.3) is 0 Å². The van der Waals surface area contributed by atoms with Crippen molar-refractivity contribution in [2.45, 2.75) is 26.4 Å². The molecule has 4 nitrogen and oxygen atoms in total. The van der Waals surface area contributed by atoms with Crippen LogP contribution >= 0.6 is 0 Å². The molecule has 0 aliphatic rings. The molecule has 0 bridgehead atoms. The first kappa shape index (κ1) is 13.7. The van der Waals surface area contributed by atoms with Crippen molar-refractivity contribution in [3.8, 4) is 0 Å². The molecule has 0 saturated heterocycles. The third-order valence-electron chi connectivity index (χ3n) is 2.19. The number of nitrogens with one attached hydrogen (secondary N) is 1. The zero-order valence-corrected chi connectivity index (χ0v) is 8.31. The summed E-state index contributed by atoms with van der Waals surface area (Å²) < 4.78 is 35.3. The Bertz CT molecular complexity index is 264. The topological polar surface area (TPSA) is 66.4 Å². The van der Waals surface area contributed by atoms with Gasteiger partial charge in [-0.3, -0.25) is 9.59 Å². The van der Waals surface area contributed by atoms with E-state index in [2.05, 4.69) is 0 Å². The third-order valence-corrected chi connectivity index (χ3v) is 2.19. The van der Waals surface area contributed by atoms with Crippen LogP contribution in [-0.4, -0.2) is 29.7 Å². The summed E-state index contributed by atoms with van der Waals surface area (Å²) in [6.07, 6.45) is -4.85. The molecule has 0 aliphatic heterocycles. The van der Waals surface area contributed by atoms with E-state index in [-0.39, 0.29) is 6.42 Å². The molecule has 0 rings (SSSR count). The van der Waals surface area contributed by atoms with Crippen LogP contribution in [0.5, 0.6) is 0 Å². The number of amides is 1. The van der Waals surface area contributed by atoms with Crippen LogP contribution in [0.2, 0.25) is 0 Å². The first-order valence-electron chi connectivity index (χ1n) is 4.22. The van der Waals surface area contributed by atoms with Crippen LogP contribution in [0.1, 0.15) is 20.3 Å². The number of hydrogen-bond donors (Lipinski definition) is 2. The van der Waals surface area contributed by atoms with E-state index in [9.17, 15) is 22.8 Å². The summed E-state index contributed by atoms with van der Waals surface area (Å²) in [5.41, 5.74) is -1.37. The molecular weight excluding hydrogens is 215 g/mol. The summed E-state index contributed by atoms with van der Waals surface area (Å²) in [4.78, 5) is 21.1. The summed E-state index contributed by atoms with van der Waals surface area (Å²) in [6, 6.07) is 0. The van der Waals surface area contributed by atoms with E-state index < -0.39 is 30.0 Å². The van der Waals surface area contributed by atoms with Gasteiger partial charge in [0.1, 0.15) is 0 Å². The SMILES string of the molecule is CCC(C)(CNC(=O)C(F)(F)F)C(=O)O. The molecule has 1 amide bonds. The van der Waals surface area contributed by atoms with Crippen LogP contribution in [0, 0.1) is 5.41 Å². The highest BCUT2D eigenvalue weighted by atomic mass is 19.4. The highest BCUT2D eigenvalue weighted by Gasteiger charge is 2.40. The molecule has 0 aromatic heterocycles. The van der Waals surface area contributed by atoms with E-state index in [0.29, 0.717) is 0 Å². The lowest BCUT2D eigenvalue weighted by Gasteiger charge is -2.23. The maximum atomic E-state index is 11.8.